The van der Waals surface area contributed by atoms with Gasteiger partial charge in [-0.05, 0) is 13.8 Å². The maximum atomic E-state index is 10.8. The van der Waals surface area contributed by atoms with Crippen molar-refractivity contribution in [3.05, 3.63) is 0 Å². The summed E-state index contributed by atoms with van der Waals surface area (Å²) in [6.45, 7) is 3.17. The Bertz CT molecular complexity index is 181. The fourth-order valence-corrected chi connectivity index (χ4v) is 0.460. The molecule has 0 spiro atoms. The second-order valence-corrected chi connectivity index (χ2v) is 2.64. The van der Waals surface area contributed by atoms with Gasteiger partial charge in [0.25, 0.3) is 5.91 Å². The third-order valence-corrected chi connectivity index (χ3v) is 0.948. The van der Waals surface area contributed by atoms with E-state index in [9.17, 15) is 9.59 Å². The first-order valence-electron chi connectivity index (χ1n) is 3.83. The summed E-state index contributed by atoms with van der Waals surface area (Å²) in [5.74, 6) is -1.10. The molecule has 0 aromatic carbocycles. The molecule has 0 unspecified atom stereocenters. The van der Waals surface area contributed by atoms with E-state index in [1.54, 1.807) is 13.8 Å². The molecule has 0 radical (unpaired) electrons. The number of carbonyl (C=O) groups is 2. The van der Waals surface area contributed by atoms with Gasteiger partial charge in [-0.2, -0.15) is 0 Å². The number of amides is 2. The zero-order valence-corrected chi connectivity index (χ0v) is 7.70. The second kappa shape index (κ2) is 6.38. The number of primary amides is 1. The average Bonchev–Trinajstić information content (AvgIpc) is 2.00. The van der Waals surface area contributed by atoms with E-state index in [2.05, 4.69) is 4.84 Å². The van der Waals surface area contributed by atoms with E-state index >= 15 is 0 Å². The van der Waals surface area contributed by atoms with Gasteiger partial charge in [0.1, 0.15) is 6.61 Å². The molecule has 0 rings (SSSR count). The van der Waals surface area contributed by atoms with Crippen LogP contribution in [0.15, 0.2) is 0 Å². The molecule has 0 bridgehead atoms. The quantitative estimate of drug-likeness (QED) is 0.522. The van der Waals surface area contributed by atoms with Crippen LogP contribution in [0.3, 0.4) is 0 Å². The van der Waals surface area contributed by atoms with Crippen LogP contribution in [0.5, 0.6) is 0 Å². The van der Waals surface area contributed by atoms with E-state index in [-0.39, 0.29) is 19.3 Å². The predicted molar refractivity (Wildman–Crippen MR) is 44.4 cm³/mol. The van der Waals surface area contributed by atoms with E-state index in [4.69, 9.17) is 10.5 Å². The standard InChI is InChI=1S/C7H14N2O4/c1-5(2)12-4-7(11)9-13-3-6(8)10/h5H,3-4H2,1-2H3,(H2,8,10)(H,9,11). The zero-order chi connectivity index (χ0) is 10.3. The molecule has 0 heterocycles. The molecule has 0 aliphatic heterocycles. The molecule has 6 nitrogen and oxygen atoms in total. The lowest BCUT2D eigenvalue weighted by molar-refractivity contribution is -0.142. The van der Waals surface area contributed by atoms with Crippen LogP contribution in [-0.4, -0.2) is 31.1 Å². The number of ether oxygens (including phenoxy) is 1. The van der Waals surface area contributed by atoms with Gasteiger partial charge in [0.2, 0.25) is 5.91 Å². The van der Waals surface area contributed by atoms with E-state index in [1.807, 2.05) is 5.48 Å². The third-order valence-electron chi connectivity index (χ3n) is 0.948. The molecule has 0 aliphatic rings. The number of hydrogen-bond donors (Lipinski definition) is 2. The third kappa shape index (κ3) is 8.77. The van der Waals surface area contributed by atoms with E-state index in [0.717, 1.165) is 0 Å². The number of carbonyl (C=O) groups excluding carboxylic acids is 2. The Morgan fingerprint density at radius 3 is 2.46 bits per heavy atom. The van der Waals surface area contributed by atoms with Gasteiger partial charge in [0, 0.05) is 0 Å². The van der Waals surface area contributed by atoms with Crippen LogP contribution in [0, 0.1) is 0 Å². The molecule has 3 N–H and O–H groups in total. The molecule has 0 atom stereocenters. The van der Waals surface area contributed by atoms with Crippen molar-refractivity contribution in [2.45, 2.75) is 20.0 Å². The number of rotatable bonds is 6. The smallest absolute Gasteiger partial charge is 0.269 e. The van der Waals surface area contributed by atoms with Crippen LogP contribution in [0.4, 0.5) is 0 Å². The van der Waals surface area contributed by atoms with Crippen LogP contribution in [0.25, 0.3) is 0 Å². The highest BCUT2D eigenvalue weighted by Gasteiger charge is 2.03. The minimum Gasteiger partial charge on any atom is -0.369 e. The maximum absolute atomic E-state index is 10.8. The Hall–Kier alpha value is -1.14. The van der Waals surface area contributed by atoms with E-state index in [0.29, 0.717) is 0 Å². The van der Waals surface area contributed by atoms with Crippen molar-refractivity contribution in [2.24, 2.45) is 5.73 Å². The van der Waals surface area contributed by atoms with Gasteiger partial charge >= 0.3 is 0 Å². The van der Waals surface area contributed by atoms with Gasteiger partial charge in [0.05, 0.1) is 6.10 Å². The highest BCUT2D eigenvalue weighted by molar-refractivity contribution is 5.77. The first-order valence-corrected chi connectivity index (χ1v) is 3.83. The Morgan fingerprint density at radius 2 is 2.00 bits per heavy atom. The lowest BCUT2D eigenvalue weighted by atomic mass is 10.5. The van der Waals surface area contributed by atoms with Gasteiger partial charge in [-0.15, -0.1) is 0 Å². The summed E-state index contributed by atoms with van der Waals surface area (Å²) in [6, 6.07) is 0. The molecule has 0 saturated carbocycles. The highest BCUT2D eigenvalue weighted by Crippen LogP contribution is 1.85. The summed E-state index contributed by atoms with van der Waals surface area (Å²) in [6.07, 6.45) is -0.0260. The number of nitrogens with one attached hydrogen (secondary N) is 1. The van der Waals surface area contributed by atoms with Crippen LogP contribution in [0.2, 0.25) is 0 Å². The minimum absolute atomic E-state index is 0.0260. The largest absolute Gasteiger partial charge is 0.369 e. The molecule has 0 aliphatic carbocycles. The molecule has 0 aromatic rings. The van der Waals surface area contributed by atoms with Gasteiger partial charge in [-0.1, -0.05) is 0 Å². The monoisotopic (exact) mass is 190 g/mol. The first kappa shape index (κ1) is 11.9. The number of hydrogen-bond acceptors (Lipinski definition) is 4. The molecule has 0 saturated heterocycles. The summed E-state index contributed by atoms with van der Waals surface area (Å²) >= 11 is 0. The summed E-state index contributed by atoms with van der Waals surface area (Å²) in [5.41, 5.74) is 6.76. The van der Waals surface area contributed by atoms with E-state index in [1.165, 1.54) is 0 Å². The highest BCUT2D eigenvalue weighted by atomic mass is 16.7. The van der Waals surface area contributed by atoms with Gasteiger partial charge < -0.3 is 10.5 Å². The molecule has 0 aromatic heterocycles. The van der Waals surface area contributed by atoms with Crippen molar-refractivity contribution in [1.29, 1.82) is 0 Å². The van der Waals surface area contributed by atoms with Crippen molar-refractivity contribution < 1.29 is 19.2 Å². The van der Waals surface area contributed by atoms with E-state index < -0.39 is 11.8 Å². The number of hydroxylamine groups is 1. The lowest BCUT2D eigenvalue weighted by Crippen LogP contribution is -2.32. The normalized spacial score (nSPS) is 10.1. The summed E-state index contributed by atoms with van der Waals surface area (Å²) in [5, 5.41) is 0. The summed E-state index contributed by atoms with van der Waals surface area (Å²) in [4.78, 5) is 25.4. The van der Waals surface area contributed by atoms with Crippen LogP contribution >= 0.6 is 0 Å². The summed E-state index contributed by atoms with van der Waals surface area (Å²) < 4.78 is 4.95. The summed E-state index contributed by atoms with van der Waals surface area (Å²) in [7, 11) is 0. The topological polar surface area (TPSA) is 90.7 Å². The van der Waals surface area contributed by atoms with Crippen LogP contribution in [-0.2, 0) is 19.2 Å². The average molecular weight is 190 g/mol. The Labute approximate surface area is 76.3 Å². The molecule has 13 heavy (non-hydrogen) atoms. The van der Waals surface area contributed by atoms with Gasteiger partial charge in [0.15, 0.2) is 6.61 Å². The van der Waals surface area contributed by atoms with Gasteiger partial charge in [-0.3, -0.25) is 14.4 Å². The van der Waals surface area contributed by atoms with Crippen molar-refractivity contribution in [3.63, 3.8) is 0 Å². The molecule has 76 valence electrons. The van der Waals surface area contributed by atoms with Crippen molar-refractivity contribution in [3.8, 4) is 0 Å². The molecular weight excluding hydrogens is 176 g/mol. The predicted octanol–water partition coefficient (Wildman–Crippen LogP) is -1.06. The van der Waals surface area contributed by atoms with Crippen molar-refractivity contribution in [1.82, 2.24) is 5.48 Å². The van der Waals surface area contributed by atoms with Crippen LogP contribution in [0.1, 0.15) is 13.8 Å². The molecule has 6 heteroatoms. The minimum atomic E-state index is -0.648. The molecule has 0 fully saturated rings. The second-order valence-electron chi connectivity index (χ2n) is 2.64. The first-order chi connectivity index (χ1) is 6.02. The SMILES string of the molecule is CC(C)OCC(=O)NOCC(N)=O. The van der Waals surface area contributed by atoms with Crippen LogP contribution < -0.4 is 11.2 Å². The number of nitrogens with two attached hydrogens (primary N) is 1. The zero-order valence-electron chi connectivity index (χ0n) is 7.70. The maximum Gasteiger partial charge on any atom is 0.269 e. The fourth-order valence-electron chi connectivity index (χ4n) is 0.460. The lowest BCUT2D eigenvalue weighted by Gasteiger charge is -2.07. The Morgan fingerprint density at radius 1 is 1.38 bits per heavy atom. The Kier molecular flexibility index (Phi) is 5.82. The molecular formula is C7H14N2O4. The Balaban J connectivity index is 3.35. The molecule has 2 amide bonds. The van der Waals surface area contributed by atoms with Crippen molar-refractivity contribution >= 4 is 11.8 Å². The van der Waals surface area contributed by atoms with Gasteiger partial charge in [-0.25, -0.2) is 5.48 Å². The fraction of sp³-hybridized carbons (Fsp3) is 0.714. The van der Waals surface area contributed by atoms with Crippen molar-refractivity contribution in [2.75, 3.05) is 13.2 Å².